The van der Waals surface area contributed by atoms with E-state index < -0.39 is 31.2 Å². The largest absolute Gasteiger partial charge is 3.00 e. The van der Waals surface area contributed by atoms with Gasteiger partial charge in [-0.15, -0.1) is 0 Å². The summed E-state index contributed by atoms with van der Waals surface area (Å²) >= 11 is 0. The molecule has 0 atom stereocenters. The molecule has 0 aliphatic heterocycles. The Morgan fingerprint density at radius 1 is 0.288 bits per heavy atom. The number of rotatable bonds is 36. The van der Waals surface area contributed by atoms with Gasteiger partial charge >= 0.3 is 37.7 Å². The van der Waals surface area contributed by atoms with Crippen LogP contribution >= 0.6 is 0 Å². The van der Waals surface area contributed by atoms with Gasteiger partial charge in [-0.3, -0.25) is 12.5 Å². The van der Waals surface area contributed by atoms with Gasteiger partial charge in [0.2, 0.25) is 31.2 Å². The van der Waals surface area contributed by atoms with Gasteiger partial charge in [0.25, 0.3) is 0 Å². The van der Waals surface area contributed by atoms with E-state index in [1.165, 1.54) is 135 Å². The summed E-state index contributed by atoms with van der Waals surface area (Å²) in [7, 11) is -13.5. The molecule has 0 unspecified atom stereocenters. The van der Waals surface area contributed by atoms with Gasteiger partial charge in [-0.05, 0) is 19.3 Å². The molecule has 0 aromatic heterocycles. The molecule has 16 heteroatoms. The molecule has 12 nitrogen and oxygen atoms in total. The molecule has 320 valence electrons. The molecule has 0 aliphatic carbocycles. The van der Waals surface area contributed by atoms with Crippen molar-refractivity contribution in [2.24, 2.45) is 0 Å². The van der Waals surface area contributed by atoms with E-state index in [2.05, 4.69) is 33.3 Å². The van der Waals surface area contributed by atoms with Gasteiger partial charge in [0.05, 0.1) is 19.8 Å². The first-order chi connectivity index (χ1) is 24.2. The maximum Gasteiger partial charge on any atom is 3.00 e. The zero-order valence-corrected chi connectivity index (χ0v) is 37.1. The molecule has 0 aliphatic rings. The summed E-state index contributed by atoms with van der Waals surface area (Å²) < 4.78 is 103. The zero-order valence-electron chi connectivity index (χ0n) is 32.8. The Hall–Kier alpha value is 0.870. The standard InChI is InChI=1S/3C12H26O4S.Ho/c3*1-2-3-4-5-6-7-8-9-10-11-12-16-17(13,14)15;/h3*2-12H2,1H3,(H,13,14,15);/q;;;+3/p-3. The fraction of sp³-hybridized carbons (Fsp3) is 1.00. The molecule has 0 N–H and O–H groups in total. The number of hydrogen-bond donors (Lipinski definition) is 0. The Bertz CT molecular complexity index is 883. The molecular weight excluding hydrogens is 886 g/mol. The van der Waals surface area contributed by atoms with Crippen molar-refractivity contribution in [3.8, 4) is 0 Å². The van der Waals surface area contributed by atoms with Gasteiger partial charge < -0.3 is 13.7 Å². The molecule has 0 rings (SSSR count). The van der Waals surface area contributed by atoms with Gasteiger partial charge in [-0.1, -0.05) is 194 Å². The van der Waals surface area contributed by atoms with Gasteiger partial charge in [-0.2, -0.15) is 0 Å². The first kappa shape index (κ1) is 59.6. The van der Waals surface area contributed by atoms with Crippen LogP contribution in [0.2, 0.25) is 0 Å². The van der Waals surface area contributed by atoms with Gasteiger partial charge in [0, 0.05) is 0 Å². The molecule has 0 saturated heterocycles. The summed E-state index contributed by atoms with van der Waals surface area (Å²) in [5, 5.41) is 0. The van der Waals surface area contributed by atoms with Gasteiger partial charge in [0.15, 0.2) is 0 Å². The van der Waals surface area contributed by atoms with Crippen molar-refractivity contribution in [1.29, 1.82) is 0 Å². The molecule has 0 aromatic carbocycles. The quantitative estimate of drug-likeness (QED) is 0.0249. The van der Waals surface area contributed by atoms with Crippen molar-refractivity contribution in [2.45, 2.75) is 213 Å². The fourth-order valence-corrected chi connectivity index (χ4v) is 6.22. The van der Waals surface area contributed by atoms with E-state index in [1.807, 2.05) is 0 Å². The van der Waals surface area contributed by atoms with Crippen LogP contribution in [-0.4, -0.2) is 58.7 Å². The summed E-state index contributed by atoms with van der Waals surface area (Å²) in [5.74, 6) is 0. The predicted molar refractivity (Wildman–Crippen MR) is 202 cm³/mol. The SMILES string of the molecule is CCCCCCCCCCCCOS(=O)(=O)[O-].CCCCCCCCCCCCOS(=O)(=O)[O-].CCCCCCCCCCCCOS(=O)(=O)[O-].[Ho+3]. The molecule has 0 fully saturated rings. The molecule has 0 spiro atoms. The third kappa shape index (κ3) is 68.8. The van der Waals surface area contributed by atoms with Crippen LogP contribution in [0.25, 0.3) is 0 Å². The molecular formula is C36H75HoO12S3. The van der Waals surface area contributed by atoms with E-state index in [-0.39, 0.29) is 57.6 Å². The predicted octanol–water partition coefficient (Wildman–Crippen LogP) is 10.2. The topological polar surface area (TPSA) is 199 Å². The van der Waals surface area contributed by atoms with E-state index in [4.69, 9.17) is 0 Å². The van der Waals surface area contributed by atoms with Crippen LogP contribution in [0.1, 0.15) is 213 Å². The fourth-order valence-electron chi connectivity index (χ4n) is 5.25. The van der Waals surface area contributed by atoms with Crippen molar-refractivity contribution >= 4 is 31.2 Å². The second-order valence-corrected chi connectivity index (χ2v) is 16.4. The van der Waals surface area contributed by atoms with Crippen LogP contribution in [0.15, 0.2) is 0 Å². The van der Waals surface area contributed by atoms with E-state index in [1.54, 1.807) is 0 Å². The minimum atomic E-state index is -4.48. The van der Waals surface area contributed by atoms with Crippen molar-refractivity contribution in [3.05, 3.63) is 0 Å². The Morgan fingerprint density at radius 3 is 0.558 bits per heavy atom. The van der Waals surface area contributed by atoms with Crippen molar-refractivity contribution in [2.75, 3.05) is 19.8 Å². The van der Waals surface area contributed by atoms with E-state index in [0.717, 1.165) is 38.5 Å². The van der Waals surface area contributed by atoms with E-state index >= 15 is 0 Å². The Balaban J connectivity index is -0.000000329. The zero-order chi connectivity index (χ0) is 39.0. The van der Waals surface area contributed by atoms with Crippen LogP contribution in [0, 0.1) is 37.7 Å². The first-order valence-electron chi connectivity index (χ1n) is 20.0. The molecule has 0 aromatic rings. The van der Waals surface area contributed by atoms with E-state index in [0.29, 0.717) is 19.3 Å². The van der Waals surface area contributed by atoms with Crippen molar-refractivity contribution in [1.82, 2.24) is 0 Å². The first-order valence-corrected chi connectivity index (χ1v) is 24.0. The molecule has 0 amide bonds. The molecule has 0 heterocycles. The minimum absolute atomic E-state index is 0. The maximum atomic E-state index is 10.1. The Labute approximate surface area is 350 Å². The van der Waals surface area contributed by atoms with Gasteiger partial charge in [-0.25, -0.2) is 25.3 Å². The molecule has 0 bridgehead atoms. The summed E-state index contributed by atoms with van der Waals surface area (Å²) in [4.78, 5) is 0. The minimum Gasteiger partial charge on any atom is -0.726 e. The molecule has 0 saturated carbocycles. The summed E-state index contributed by atoms with van der Waals surface area (Å²) in [6, 6.07) is 0. The van der Waals surface area contributed by atoms with Crippen molar-refractivity contribution < 1.29 is 89.2 Å². The van der Waals surface area contributed by atoms with Crippen LogP contribution in [0.5, 0.6) is 0 Å². The average molecular weight is 961 g/mol. The molecule has 52 heavy (non-hydrogen) atoms. The summed E-state index contributed by atoms with van der Waals surface area (Å²) in [6.07, 6.45) is 35.1. The summed E-state index contributed by atoms with van der Waals surface area (Å²) in [5.41, 5.74) is 0. The van der Waals surface area contributed by atoms with Crippen LogP contribution < -0.4 is 0 Å². The average Bonchev–Trinajstić information content (AvgIpc) is 3.04. The second kappa shape index (κ2) is 44.6. The summed E-state index contributed by atoms with van der Waals surface area (Å²) in [6.45, 7) is 6.73. The normalized spacial score (nSPS) is 11.7. The van der Waals surface area contributed by atoms with Gasteiger partial charge in [0.1, 0.15) is 0 Å². The number of unbranched alkanes of at least 4 members (excludes halogenated alkanes) is 27. The smallest absolute Gasteiger partial charge is 0.726 e. The van der Waals surface area contributed by atoms with Crippen LogP contribution in [0.3, 0.4) is 0 Å². The van der Waals surface area contributed by atoms with Crippen LogP contribution in [0.4, 0.5) is 0 Å². The Kier molecular flexibility index (Phi) is 51.1. The third-order valence-corrected chi connectivity index (χ3v) is 9.54. The van der Waals surface area contributed by atoms with Crippen molar-refractivity contribution in [3.63, 3.8) is 0 Å². The molecule has 0 radical (unpaired) electrons. The Morgan fingerprint density at radius 2 is 0.423 bits per heavy atom. The monoisotopic (exact) mass is 960 g/mol. The second-order valence-electron chi connectivity index (χ2n) is 13.2. The number of hydrogen-bond acceptors (Lipinski definition) is 12. The van der Waals surface area contributed by atoms with Crippen LogP contribution in [-0.2, 0) is 43.7 Å². The third-order valence-electron chi connectivity index (χ3n) is 8.18. The van der Waals surface area contributed by atoms with E-state index in [9.17, 15) is 38.9 Å². The maximum absolute atomic E-state index is 10.1.